The minimum absolute atomic E-state index is 0.363. The summed E-state index contributed by atoms with van der Waals surface area (Å²) in [5.41, 5.74) is 14.3. The molecule has 0 radical (unpaired) electrons. The van der Waals surface area contributed by atoms with E-state index < -0.39 is 0 Å². The predicted molar refractivity (Wildman–Crippen MR) is 74.7 cm³/mol. The first-order valence-corrected chi connectivity index (χ1v) is 5.98. The number of benzene rings is 1. The van der Waals surface area contributed by atoms with Crippen molar-refractivity contribution in [3.63, 3.8) is 0 Å². The Bertz CT molecular complexity index is 751. The molecule has 0 saturated heterocycles. The normalized spacial score (nSPS) is 11.0. The summed E-state index contributed by atoms with van der Waals surface area (Å²) in [5, 5.41) is 0.651. The van der Waals surface area contributed by atoms with E-state index in [-0.39, 0.29) is 0 Å². The molecule has 0 fully saturated rings. The maximum absolute atomic E-state index is 6.15. The van der Waals surface area contributed by atoms with E-state index in [0.717, 1.165) is 5.56 Å². The molecule has 3 aromatic rings. The lowest BCUT2D eigenvalue weighted by molar-refractivity contribution is 0.813. The summed E-state index contributed by atoms with van der Waals surface area (Å²) in [5.74, 6) is 0.363. The molecule has 0 saturated carbocycles. The molecular weight excluding hydrogens is 264 g/mol. The van der Waals surface area contributed by atoms with E-state index in [9.17, 15) is 0 Å². The molecule has 7 heteroatoms. The first-order valence-electron chi connectivity index (χ1n) is 5.60. The Morgan fingerprint density at radius 1 is 1.16 bits per heavy atom. The van der Waals surface area contributed by atoms with Crippen LogP contribution in [-0.4, -0.2) is 19.5 Å². The number of anilines is 2. The second kappa shape index (κ2) is 4.40. The van der Waals surface area contributed by atoms with Crippen molar-refractivity contribution in [1.29, 1.82) is 0 Å². The van der Waals surface area contributed by atoms with Gasteiger partial charge in [-0.05, 0) is 23.8 Å². The number of aromatic nitrogens is 4. The Morgan fingerprint density at radius 3 is 2.84 bits per heavy atom. The van der Waals surface area contributed by atoms with Crippen molar-refractivity contribution in [3.8, 4) is 0 Å². The Labute approximate surface area is 114 Å². The van der Waals surface area contributed by atoms with Gasteiger partial charge in [0, 0.05) is 10.7 Å². The number of fused-ring (bicyclic) bond motifs is 1. The van der Waals surface area contributed by atoms with Gasteiger partial charge < -0.3 is 16.0 Å². The fourth-order valence-electron chi connectivity index (χ4n) is 1.91. The third-order valence-electron chi connectivity index (χ3n) is 2.84. The molecule has 2 heterocycles. The largest absolute Gasteiger partial charge is 0.399 e. The fraction of sp³-hybridized carbons (Fsp3) is 0.0833. The minimum atomic E-state index is 0.363. The van der Waals surface area contributed by atoms with Gasteiger partial charge >= 0.3 is 0 Å². The molecule has 0 amide bonds. The van der Waals surface area contributed by atoms with Crippen molar-refractivity contribution in [3.05, 3.63) is 41.4 Å². The van der Waals surface area contributed by atoms with Crippen LogP contribution in [0.3, 0.4) is 0 Å². The highest BCUT2D eigenvalue weighted by atomic mass is 35.5. The summed E-state index contributed by atoms with van der Waals surface area (Å²) < 4.78 is 1.86. The Kier molecular flexibility index (Phi) is 2.72. The molecule has 19 heavy (non-hydrogen) atoms. The van der Waals surface area contributed by atoms with Crippen molar-refractivity contribution in [2.75, 3.05) is 11.5 Å². The Balaban J connectivity index is 2.06. The van der Waals surface area contributed by atoms with Crippen LogP contribution in [0, 0.1) is 0 Å². The highest BCUT2D eigenvalue weighted by Crippen LogP contribution is 2.22. The number of hydrogen-bond acceptors (Lipinski definition) is 5. The van der Waals surface area contributed by atoms with Gasteiger partial charge in [0.25, 0.3) is 0 Å². The van der Waals surface area contributed by atoms with Gasteiger partial charge in [0.05, 0.1) is 12.9 Å². The molecule has 0 bridgehead atoms. The lowest BCUT2D eigenvalue weighted by Gasteiger charge is -2.07. The van der Waals surface area contributed by atoms with Crippen molar-refractivity contribution < 1.29 is 0 Å². The van der Waals surface area contributed by atoms with Crippen molar-refractivity contribution in [2.45, 2.75) is 6.54 Å². The van der Waals surface area contributed by atoms with Gasteiger partial charge in [-0.2, -0.15) is 0 Å². The van der Waals surface area contributed by atoms with Gasteiger partial charge in [0.2, 0.25) is 0 Å². The number of halogens is 1. The molecule has 6 nitrogen and oxygen atoms in total. The molecular formula is C12H11ClN6. The van der Waals surface area contributed by atoms with Crippen LogP contribution in [0.4, 0.5) is 11.5 Å². The molecule has 0 atom stereocenters. The molecule has 0 aliphatic rings. The molecule has 3 rings (SSSR count). The third-order valence-corrected chi connectivity index (χ3v) is 3.21. The summed E-state index contributed by atoms with van der Waals surface area (Å²) in [6.07, 6.45) is 3.08. The summed E-state index contributed by atoms with van der Waals surface area (Å²) in [6, 6.07) is 5.37. The number of rotatable bonds is 2. The van der Waals surface area contributed by atoms with Crippen LogP contribution >= 0.6 is 11.6 Å². The fourth-order valence-corrected chi connectivity index (χ4v) is 2.09. The van der Waals surface area contributed by atoms with Crippen molar-refractivity contribution >= 4 is 34.3 Å². The van der Waals surface area contributed by atoms with Crippen LogP contribution in [0.2, 0.25) is 5.02 Å². The highest BCUT2D eigenvalue weighted by molar-refractivity contribution is 6.31. The Morgan fingerprint density at radius 2 is 2.00 bits per heavy atom. The summed E-state index contributed by atoms with van der Waals surface area (Å²) in [4.78, 5) is 12.3. The molecule has 96 valence electrons. The molecule has 4 N–H and O–H groups in total. The molecule has 0 aliphatic carbocycles. The standard InChI is InChI=1S/C12H11ClN6/c13-9-2-1-8(14)3-7(9)4-19-6-18-10-11(15)16-5-17-12(10)19/h1-3,5-6H,4,14H2,(H2,15,16,17). The second-order valence-corrected chi connectivity index (χ2v) is 4.56. The maximum Gasteiger partial charge on any atom is 0.165 e. The molecule has 0 spiro atoms. The highest BCUT2D eigenvalue weighted by Gasteiger charge is 2.09. The van der Waals surface area contributed by atoms with E-state index in [1.807, 2.05) is 10.6 Å². The molecule has 1 aromatic carbocycles. The van der Waals surface area contributed by atoms with Gasteiger partial charge in [-0.1, -0.05) is 11.6 Å². The van der Waals surface area contributed by atoms with Crippen LogP contribution < -0.4 is 11.5 Å². The number of hydrogen-bond donors (Lipinski definition) is 2. The van der Waals surface area contributed by atoms with E-state index in [2.05, 4.69) is 15.0 Å². The van der Waals surface area contributed by atoms with Crippen molar-refractivity contribution in [1.82, 2.24) is 19.5 Å². The third kappa shape index (κ3) is 2.06. The van der Waals surface area contributed by atoms with Crippen LogP contribution in [-0.2, 0) is 6.54 Å². The topological polar surface area (TPSA) is 95.6 Å². The summed E-state index contributed by atoms with van der Waals surface area (Å²) >= 11 is 6.15. The van der Waals surface area contributed by atoms with Crippen molar-refractivity contribution in [2.24, 2.45) is 0 Å². The SMILES string of the molecule is Nc1ccc(Cl)c(Cn2cnc3c(N)ncnc32)c1. The van der Waals surface area contributed by atoms with Gasteiger partial charge in [0.15, 0.2) is 11.5 Å². The van der Waals surface area contributed by atoms with Gasteiger partial charge in [-0.25, -0.2) is 15.0 Å². The lowest BCUT2D eigenvalue weighted by Crippen LogP contribution is -2.02. The van der Waals surface area contributed by atoms with Gasteiger partial charge in [-0.15, -0.1) is 0 Å². The average molecular weight is 275 g/mol. The van der Waals surface area contributed by atoms with E-state index in [1.54, 1.807) is 18.5 Å². The number of nitrogens with two attached hydrogens (primary N) is 2. The van der Waals surface area contributed by atoms with E-state index in [0.29, 0.717) is 34.2 Å². The predicted octanol–water partition coefficient (Wildman–Crippen LogP) is 1.69. The first kappa shape index (κ1) is 11.7. The average Bonchev–Trinajstić information content (AvgIpc) is 2.79. The maximum atomic E-state index is 6.15. The van der Waals surface area contributed by atoms with E-state index in [1.165, 1.54) is 6.33 Å². The monoisotopic (exact) mass is 274 g/mol. The van der Waals surface area contributed by atoms with Crippen LogP contribution in [0.25, 0.3) is 11.2 Å². The van der Waals surface area contributed by atoms with Crippen LogP contribution in [0.15, 0.2) is 30.9 Å². The summed E-state index contributed by atoms with van der Waals surface area (Å²) in [6.45, 7) is 0.525. The van der Waals surface area contributed by atoms with Gasteiger partial charge in [0.1, 0.15) is 11.8 Å². The van der Waals surface area contributed by atoms with E-state index >= 15 is 0 Å². The van der Waals surface area contributed by atoms with Gasteiger partial charge in [-0.3, -0.25) is 0 Å². The molecule has 2 aromatic heterocycles. The quantitative estimate of drug-likeness (QED) is 0.693. The zero-order chi connectivity index (χ0) is 13.4. The number of imidazole rings is 1. The van der Waals surface area contributed by atoms with Crippen LogP contribution in [0.5, 0.6) is 0 Å². The number of nitrogen functional groups attached to an aromatic ring is 2. The molecule has 0 unspecified atom stereocenters. The number of nitrogens with zero attached hydrogens (tertiary/aromatic N) is 4. The lowest BCUT2D eigenvalue weighted by atomic mass is 10.2. The first-order chi connectivity index (χ1) is 9.15. The second-order valence-electron chi connectivity index (χ2n) is 4.15. The molecule has 0 aliphatic heterocycles. The van der Waals surface area contributed by atoms with E-state index in [4.69, 9.17) is 23.1 Å². The minimum Gasteiger partial charge on any atom is -0.399 e. The summed E-state index contributed by atoms with van der Waals surface area (Å²) in [7, 11) is 0. The zero-order valence-electron chi connectivity index (χ0n) is 9.92. The van der Waals surface area contributed by atoms with Crippen LogP contribution in [0.1, 0.15) is 5.56 Å². The Hall–Kier alpha value is -2.34. The zero-order valence-corrected chi connectivity index (χ0v) is 10.7. The smallest absolute Gasteiger partial charge is 0.165 e.